The predicted octanol–water partition coefficient (Wildman–Crippen LogP) is 2.70. The van der Waals surface area contributed by atoms with E-state index < -0.39 is 46.5 Å². The van der Waals surface area contributed by atoms with E-state index in [1.165, 1.54) is 23.1 Å². The zero-order valence-corrected chi connectivity index (χ0v) is 20.8. The number of amides is 4. The highest BCUT2D eigenvalue weighted by Gasteiger charge is 2.56. The van der Waals surface area contributed by atoms with Crippen molar-refractivity contribution in [2.24, 2.45) is 5.41 Å². The molecule has 0 saturated carbocycles. The van der Waals surface area contributed by atoms with Gasteiger partial charge in [0.15, 0.2) is 0 Å². The normalized spacial score (nSPS) is 21.1. The number of hydrogen-bond donors (Lipinski definition) is 3. The number of carbonyl (C=O) groups is 4. The van der Waals surface area contributed by atoms with Gasteiger partial charge in [-0.15, -0.1) is 0 Å². The molecule has 1 saturated heterocycles. The van der Waals surface area contributed by atoms with Gasteiger partial charge < -0.3 is 20.9 Å². The van der Waals surface area contributed by atoms with Gasteiger partial charge in [-0.25, -0.2) is 4.39 Å². The van der Waals surface area contributed by atoms with Gasteiger partial charge in [0.05, 0.1) is 11.5 Å². The summed E-state index contributed by atoms with van der Waals surface area (Å²) in [6, 6.07) is 12.3. The van der Waals surface area contributed by atoms with Crippen LogP contribution in [0, 0.1) is 22.6 Å². The fourth-order valence-electron chi connectivity index (χ4n) is 4.98. The van der Waals surface area contributed by atoms with E-state index in [1.54, 1.807) is 24.3 Å². The molecular formula is C27H28FN5O4. The largest absolute Gasteiger partial charge is 0.336 e. The molecule has 1 unspecified atom stereocenters. The first-order valence-electron chi connectivity index (χ1n) is 11.9. The Morgan fingerprint density at radius 1 is 1.19 bits per heavy atom. The monoisotopic (exact) mass is 505 g/mol. The fourth-order valence-corrected chi connectivity index (χ4v) is 4.98. The van der Waals surface area contributed by atoms with Gasteiger partial charge in [0.1, 0.15) is 17.9 Å². The van der Waals surface area contributed by atoms with Crippen LogP contribution < -0.4 is 16.0 Å². The molecule has 37 heavy (non-hydrogen) atoms. The standard InChI is InChI=1S/C27H28FN5O4/c1-26(2,3)13-21(31-23(35)22(34)30-17-8-6-7-16(28)11-17)24(36)33-15-27(12-18(33)14-29)19-9-4-5-10-20(19)32-25(27)37/h4-11,18,21H,12-13,15H2,1-3H3,(H,30,34)(H,31,35)(H,32,37)/t18?,21-,27-/m0/s1. The van der Waals surface area contributed by atoms with Gasteiger partial charge in [0, 0.05) is 24.3 Å². The molecule has 2 aliphatic rings. The lowest BCUT2D eigenvalue weighted by atomic mass is 9.80. The van der Waals surface area contributed by atoms with Crippen molar-refractivity contribution in [3.8, 4) is 6.07 Å². The van der Waals surface area contributed by atoms with Crippen LogP contribution in [0.2, 0.25) is 0 Å². The number of para-hydroxylation sites is 1. The van der Waals surface area contributed by atoms with Crippen molar-refractivity contribution in [1.29, 1.82) is 5.26 Å². The Bertz CT molecular complexity index is 1310. The summed E-state index contributed by atoms with van der Waals surface area (Å²) >= 11 is 0. The molecule has 0 aliphatic carbocycles. The van der Waals surface area contributed by atoms with Crippen LogP contribution in [0.5, 0.6) is 0 Å². The molecule has 3 N–H and O–H groups in total. The quantitative estimate of drug-likeness (QED) is 0.550. The summed E-state index contributed by atoms with van der Waals surface area (Å²) in [6.45, 7) is 5.60. The minimum Gasteiger partial charge on any atom is -0.336 e. The minimum atomic E-state index is -1.13. The summed E-state index contributed by atoms with van der Waals surface area (Å²) in [7, 11) is 0. The molecule has 0 bridgehead atoms. The second-order valence-electron chi connectivity index (χ2n) is 10.7. The molecule has 10 heteroatoms. The topological polar surface area (TPSA) is 131 Å². The highest BCUT2D eigenvalue weighted by atomic mass is 19.1. The number of likely N-dealkylation sites (tertiary alicyclic amines) is 1. The predicted molar refractivity (Wildman–Crippen MR) is 134 cm³/mol. The van der Waals surface area contributed by atoms with Crippen molar-refractivity contribution >= 4 is 35.0 Å². The maximum absolute atomic E-state index is 13.8. The molecule has 0 radical (unpaired) electrons. The minimum absolute atomic E-state index is 0.0289. The molecule has 1 spiro atoms. The molecule has 1 fully saturated rings. The van der Waals surface area contributed by atoms with E-state index in [-0.39, 0.29) is 31.0 Å². The molecule has 192 valence electrons. The van der Waals surface area contributed by atoms with Gasteiger partial charge in [-0.1, -0.05) is 45.0 Å². The van der Waals surface area contributed by atoms with E-state index >= 15 is 0 Å². The van der Waals surface area contributed by atoms with Crippen molar-refractivity contribution in [3.05, 3.63) is 59.9 Å². The zero-order valence-electron chi connectivity index (χ0n) is 20.8. The summed E-state index contributed by atoms with van der Waals surface area (Å²) in [5, 5.41) is 17.5. The van der Waals surface area contributed by atoms with E-state index in [2.05, 4.69) is 22.0 Å². The summed E-state index contributed by atoms with van der Waals surface area (Å²) in [5.74, 6) is -3.55. The molecule has 0 aromatic heterocycles. The Hall–Kier alpha value is -4.26. The molecule has 2 aromatic rings. The van der Waals surface area contributed by atoms with Crippen LogP contribution in [-0.2, 0) is 24.6 Å². The second kappa shape index (κ2) is 9.65. The third-order valence-electron chi connectivity index (χ3n) is 6.62. The molecule has 2 aromatic carbocycles. The van der Waals surface area contributed by atoms with Crippen molar-refractivity contribution in [2.75, 3.05) is 17.2 Å². The van der Waals surface area contributed by atoms with Gasteiger partial charge in [-0.2, -0.15) is 5.26 Å². The van der Waals surface area contributed by atoms with E-state index in [0.29, 0.717) is 5.69 Å². The summed E-state index contributed by atoms with van der Waals surface area (Å²) < 4.78 is 13.5. The number of anilines is 2. The Morgan fingerprint density at radius 2 is 1.92 bits per heavy atom. The second-order valence-corrected chi connectivity index (χ2v) is 10.7. The highest BCUT2D eigenvalue weighted by molar-refractivity contribution is 6.40. The van der Waals surface area contributed by atoms with E-state index in [1.807, 2.05) is 20.8 Å². The first-order chi connectivity index (χ1) is 17.4. The van der Waals surface area contributed by atoms with Gasteiger partial charge in [-0.3, -0.25) is 19.2 Å². The van der Waals surface area contributed by atoms with Crippen LogP contribution in [-0.4, -0.2) is 47.2 Å². The number of hydrogen-bond acceptors (Lipinski definition) is 5. The number of nitrogens with zero attached hydrogens (tertiary/aromatic N) is 2. The SMILES string of the molecule is CC(C)(C)C[C@H](NC(=O)C(=O)Nc1cccc(F)c1)C(=O)N1C[C@]2(CC1C#N)C(=O)Nc1ccccc12. The molecule has 2 heterocycles. The van der Waals surface area contributed by atoms with Crippen LogP contribution in [0.4, 0.5) is 15.8 Å². The van der Waals surface area contributed by atoms with Crippen LogP contribution in [0.3, 0.4) is 0 Å². The molecule has 3 atom stereocenters. The Labute approximate surface area is 214 Å². The number of carbonyl (C=O) groups excluding carboxylic acids is 4. The highest BCUT2D eigenvalue weighted by Crippen LogP contribution is 2.46. The lowest BCUT2D eigenvalue weighted by Crippen LogP contribution is -2.53. The Balaban J connectivity index is 1.57. The van der Waals surface area contributed by atoms with Crippen LogP contribution >= 0.6 is 0 Å². The zero-order chi connectivity index (χ0) is 27.0. The third kappa shape index (κ3) is 5.16. The van der Waals surface area contributed by atoms with E-state index in [0.717, 1.165) is 11.6 Å². The van der Waals surface area contributed by atoms with Gasteiger partial charge in [-0.05, 0) is 41.7 Å². The maximum Gasteiger partial charge on any atom is 0.313 e. The summed E-state index contributed by atoms with van der Waals surface area (Å²) in [4.78, 5) is 53.4. The molecule has 4 rings (SSSR count). The molecule has 2 aliphatic heterocycles. The van der Waals surface area contributed by atoms with Crippen LogP contribution in [0.1, 0.15) is 39.2 Å². The number of rotatable bonds is 4. The first kappa shape index (κ1) is 25.8. The van der Waals surface area contributed by atoms with Gasteiger partial charge >= 0.3 is 11.8 Å². The third-order valence-corrected chi connectivity index (χ3v) is 6.62. The van der Waals surface area contributed by atoms with Gasteiger partial charge in [0.2, 0.25) is 11.8 Å². The lowest BCUT2D eigenvalue weighted by molar-refractivity contribution is -0.141. The van der Waals surface area contributed by atoms with E-state index in [4.69, 9.17) is 0 Å². The van der Waals surface area contributed by atoms with Gasteiger partial charge in [0.25, 0.3) is 0 Å². The number of nitrogens with one attached hydrogen (secondary N) is 3. The molecular weight excluding hydrogens is 477 g/mol. The van der Waals surface area contributed by atoms with Crippen molar-refractivity contribution in [2.45, 2.75) is 51.1 Å². The van der Waals surface area contributed by atoms with Crippen LogP contribution in [0.25, 0.3) is 0 Å². The van der Waals surface area contributed by atoms with Crippen molar-refractivity contribution in [3.63, 3.8) is 0 Å². The average Bonchev–Trinajstić information content (AvgIpc) is 3.35. The number of fused-ring (bicyclic) bond motifs is 2. The van der Waals surface area contributed by atoms with Crippen molar-refractivity contribution < 1.29 is 23.6 Å². The Kier molecular flexibility index (Phi) is 6.74. The summed E-state index contributed by atoms with van der Waals surface area (Å²) in [5.41, 5.74) is -0.0365. The number of nitriles is 1. The van der Waals surface area contributed by atoms with Crippen molar-refractivity contribution in [1.82, 2.24) is 10.2 Å². The summed E-state index contributed by atoms with van der Waals surface area (Å²) in [6.07, 6.45) is 0.295. The fraction of sp³-hybridized carbons (Fsp3) is 0.370. The van der Waals surface area contributed by atoms with E-state index in [9.17, 15) is 28.8 Å². The number of benzene rings is 2. The lowest BCUT2D eigenvalue weighted by Gasteiger charge is -2.31. The number of halogens is 1. The smallest absolute Gasteiger partial charge is 0.313 e. The first-order valence-corrected chi connectivity index (χ1v) is 11.9. The average molecular weight is 506 g/mol. The molecule has 9 nitrogen and oxygen atoms in total. The van der Waals surface area contributed by atoms with Crippen LogP contribution in [0.15, 0.2) is 48.5 Å². The Morgan fingerprint density at radius 3 is 2.59 bits per heavy atom. The maximum atomic E-state index is 13.8. The molecule has 4 amide bonds.